The molecule has 6 heteroatoms. The van der Waals surface area contributed by atoms with Crippen molar-refractivity contribution >= 4 is 33.6 Å². The molecular weight excluding hydrogens is 328 g/mol. The highest BCUT2D eigenvalue weighted by molar-refractivity contribution is 7.94. The summed E-state index contributed by atoms with van der Waals surface area (Å²) < 4.78 is 16.3. The van der Waals surface area contributed by atoms with Gasteiger partial charge in [0.25, 0.3) is 0 Å². The smallest absolute Gasteiger partial charge is 0.135 e. The second-order valence-corrected chi connectivity index (χ2v) is 5.77. The van der Waals surface area contributed by atoms with Gasteiger partial charge in [-0.2, -0.15) is 4.33 Å². The Bertz CT molecular complexity index is 850. The minimum atomic E-state index is 0.546. The Morgan fingerprint density at radius 3 is 2.00 bits per heavy atom. The first kappa shape index (κ1) is 16.9. The van der Waals surface area contributed by atoms with Crippen LogP contribution in [0.4, 0.5) is 0 Å². The normalized spacial score (nSPS) is 11.1. The Hall–Kier alpha value is -1.99. The fourth-order valence-corrected chi connectivity index (χ4v) is 3.18. The predicted octanol–water partition coefficient (Wildman–Crippen LogP) is 4.02. The maximum Gasteiger partial charge on any atom is 0.135 e. The van der Waals surface area contributed by atoms with Gasteiger partial charge in [0.15, 0.2) is 0 Å². The molecule has 5 nitrogen and oxygen atoms in total. The molecule has 24 heavy (non-hydrogen) atoms. The van der Waals surface area contributed by atoms with Crippen LogP contribution in [0.25, 0.3) is 21.5 Å². The molecule has 0 aromatic heterocycles. The van der Waals surface area contributed by atoms with Crippen LogP contribution in [0.5, 0.6) is 11.5 Å². The number of fused-ring (bicyclic) bond motifs is 2. The molecule has 0 amide bonds. The lowest BCUT2D eigenvalue weighted by Gasteiger charge is -2.17. The minimum absolute atomic E-state index is 0.546. The standard InChI is InChI=1S/C18H18O5S/c1-3-20-17-13-7-5-6-8-14(13)18(21-4-2)16-11-12(24-23-22-19)9-10-15(16)17/h5-11,19H,3-4H2,1-2H3/p-1. The van der Waals surface area contributed by atoms with Gasteiger partial charge in [-0.05, 0) is 32.0 Å². The zero-order valence-corrected chi connectivity index (χ0v) is 14.2. The molecule has 0 aliphatic carbocycles. The van der Waals surface area contributed by atoms with E-state index < -0.39 is 0 Å². The molecule has 3 rings (SSSR count). The van der Waals surface area contributed by atoms with Crippen LogP contribution in [-0.4, -0.2) is 13.2 Å². The summed E-state index contributed by atoms with van der Waals surface area (Å²) in [5, 5.41) is 17.3. The van der Waals surface area contributed by atoms with E-state index in [0.29, 0.717) is 13.2 Å². The Morgan fingerprint density at radius 2 is 1.42 bits per heavy atom. The monoisotopic (exact) mass is 345 g/mol. The van der Waals surface area contributed by atoms with Gasteiger partial charge in [0.2, 0.25) is 0 Å². The number of rotatable bonds is 7. The SMILES string of the molecule is CCOc1c2ccccc2c(OCC)c2cc(SOO[O-])ccc12. The summed E-state index contributed by atoms with van der Waals surface area (Å²) in [6, 6.07) is 13.7. The Balaban J connectivity index is 2.32. The van der Waals surface area contributed by atoms with Crippen molar-refractivity contribution in [3.05, 3.63) is 42.5 Å². The van der Waals surface area contributed by atoms with Crippen molar-refractivity contribution in [3.8, 4) is 11.5 Å². The summed E-state index contributed by atoms with van der Waals surface area (Å²) in [6.45, 7) is 5.02. The molecule has 0 aliphatic heterocycles. The maximum absolute atomic E-state index is 10.1. The maximum atomic E-state index is 10.1. The summed E-state index contributed by atoms with van der Waals surface area (Å²) in [5.74, 6) is 1.61. The molecule has 0 unspecified atom stereocenters. The van der Waals surface area contributed by atoms with E-state index in [1.54, 1.807) is 0 Å². The van der Waals surface area contributed by atoms with Gasteiger partial charge in [0.05, 0.1) is 25.3 Å². The molecule has 0 heterocycles. The van der Waals surface area contributed by atoms with Gasteiger partial charge in [-0.25, -0.2) is 0 Å². The van der Waals surface area contributed by atoms with Crippen LogP contribution in [0.3, 0.4) is 0 Å². The van der Waals surface area contributed by atoms with Crippen molar-refractivity contribution in [1.82, 2.24) is 0 Å². The Kier molecular flexibility index (Phi) is 5.42. The first-order valence-corrected chi connectivity index (χ1v) is 8.41. The number of hydrogen-bond acceptors (Lipinski definition) is 6. The van der Waals surface area contributed by atoms with Crippen LogP contribution in [0.15, 0.2) is 47.4 Å². The molecule has 0 saturated heterocycles. The highest BCUT2D eigenvalue weighted by Crippen LogP contribution is 2.44. The van der Waals surface area contributed by atoms with Crippen molar-refractivity contribution < 1.29 is 24.1 Å². The fraction of sp³-hybridized carbons (Fsp3) is 0.222. The first-order valence-electron chi connectivity index (χ1n) is 7.67. The van der Waals surface area contributed by atoms with Crippen LogP contribution >= 0.6 is 12.0 Å². The van der Waals surface area contributed by atoms with Crippen molar-refractivity contribution in [2.75, 3.05) is 13.2 Å². The predicted molar refractivity (Wildman–Crippen MR) is 91.8 cm³/mol. The van der Waals surface area contributed by atoms with Gasteiger partial charge in [-0.3, -0.25) is 5.04 Å². The second-order valence-electron chi connectivity index (χ2n) is 5.00. The summed E-state index contributed by atoms with van der Waals surface area (Å²) in [5.41, 5.74) is 0. The van der Waals surface area contributed by atoms with E-state index in [-0.39, 0.29) is 0 Å². The van der Waals surface area contributed by atoms with E-state index in [1.807, 2.05) is 56.3 Å². The van der Waals surface area contributed by atoms with Crippen molar-refractivity contribution in [2.45, 2.75) is 18.7 Å². The van der Waals surface area contributed by atoms with E-state index in [2.05, 4.69) is 9.37 Å². The van der Waals surface area contributed by atoms with Gasteiger partial charge in [-0.1, -0.05) is 24.3 Å². The topological polar surface area (TPSA) is 60.0 Å². The molecule has 0 radical (unpaired) electrons. The van der Waals surface area contributed by atoms with Gasteiger partial charge < -0.3 is 14.7 Å². The zero-order valence-electron chi connectivity index (χ0n) is 13.4. The third-order valence-corrected chi connectivity index (χ3v) is 4.20. The molecule has 3 aromatic rings. The average molecular weight is 345 g/mol. The molecule has 0 N–H and O–H groups in total. The lowest BCUT2D eigenvalue weighted by Crippen LogP contribution is -2.01. The Labute approximate surface area is 144 Å². The highest BCUT2D eigenvalue weighted by Gasteiger charge is 2.16. The third-order valence-electron chi connectivity index (χ3n) is 3.63. The third kappa shape index (κ3) is 3.14. The lowest BCUT2D eigenvalue weighted by molar-refractivity contribution is -0.777. The quantitative estimate of drug-likeness (QED) is 0.279. The van der Waals surface area contributed by atoms with Gasteiger partial charge >= 0.3 is 0 Å². The van der Waals surface area contributed by atoms with Crippen LogP contribution in [0.2, 0.25) is 0 Å². The van der Waals surface area contributed by atoms with Crippen LogP contribution in [0, 0.1) is 0 Å². The highest BCUT2D eigenvalue weighted by atomic mass is 32.2. The number of benzene rings is 3. The largest absolute Gasteiger partial charge is 0.691 e. The van der Waals surface area contributed by atoms with E-state index in [9.17, 15) is 5.26 Å². The van der Waals surface area contributed by atoms with E-state index >= 15 is 0 Å². The van der Waals surface area contributed by atoms with Crippen molar-refractivity contribution in [2.24, 2.45) is 0 Å². The summed E-state index contributed by atoms with van der Waals surface area (Å²) in [7, 11) is 0. The fourth-order valence-electron chi connectivity index (χ4n) is 2.78. The molecule has 0 spiro atoms. The van der Waals surface area contributed by atoms with Crippen LogP contribution < -0.4 is 14.7 Å². The molecule has 0 aliphatic rings. The molecule has 0 bridgehead atoms. The molecule has 0 fully saturated rings. The Morgan fingerprint density at radius 1 is 0.833 bits per heavy atom. The van der Waals surface area contributed by atoms with Gasteiger partial charge in [-0.15, -0.1) is 0 Å². The first-order chi connectivity index (χ1) is 11.8. The minimum Gasteiger partial charge on any atom is -0.691 e. The summed E-state index contributed by atoms with van der Waals surface area (Å²) in [4.78, 5) is 0.733. The molecule has 0 saturated carbocycles. The zero-order chi connectivity index (χ0) is 16.9. The number of hydrogen-bond donors (Lipinski definition) is 0. The van der Waals surface area contributed by atoms with Crippen LogP contribution in [-0.2, 0) is 9.37 Å². The molecule has 126 valence electrons. The second kappa shape index (κ2) is 7.72. The van der Waals surface area contributed by atoms with Crippen molar-refractivity contribution in [3.63, 3.8) is 0 Å². The van der Waals surface area contributed by atoms with E-state index in [1.165, 1.54) is 0 Å². The molecule has 0 atom stereocenters. The van der Waals surface area contributed by atoms with E-state index in [0.717, 1.165) is 50.0 Å². The molecule has 3 aromatic carbocycles. The molecular formula is C18H17O5S-. The summed E-state index contributed by atoms with van der Waals surface area (Å²) >= 11 is 0.856. The van der Waals surface area contributed by atoms with Gasteiger partial charge in [0, 0.05) is 26.4 Å². The summed E-state index contributed by atoms with van der Waals surface area (Å²) in [6.07, 6.45) is 0. The van der Waals surface area contributed by atoms with E-state index in [4.69, 9.17) is 9.47 Å². The number of ether oxygens (including phenoxy) is 2. The van der Waals surface area contributed by atoms with Crippen LogP contribution in [0.1, 0.15) is 13.8 Å². The lowest BCUT2D eigenvalue weighted by atomic mass is 10.0. The van der Waals surface area contributed by atoms with Crippen molar-refractivity contribution in [1.29, 1.82) is 0 Å². The average Bonchev–Trinajstić information content (AvgIpc) is 2.62. The van der Waals surface area contributed by atoms with Gasteiger partial charge in [0.1, 0.15) is 11.5 Å².